The molecule has 1 atom stereocenters. The van der Waals surface area contributed by atoms with Crippen molar-refractivity contribution >= 4 is 11.8 Å². The highest BCUT2D eigenvalue weighted by Gasteiger charge is 2.32. The molecule has 1 aliphatic rings. The molecule has 0 saturated heterocycles. The lowest BCUT2D eigenvalue weighted by Gasteiger charge is -2.38. The highest BCUT2D eigenvalue weighted by atomic mass is 16.5. The Bertz CT molecular complexity index is 950. The average Bonchev–Trinajstić information content (AvgIpc) is 2.76. The lowest BCUT2D eigenvalue weighted by atomic mass is 9.87. The second-order valence-corrected chi connectivity index (χ2v) is 9.50. The molecule has 0 aromatic heterocycles. The molecule has 5 heteroatoms. The van der Waals surface area contributed by atoms with Gasteiger partial charge in [-0.2, -0.15) is 0 Å². The van der Waals surface area contributed by atoms with Crippen molar-refractivity contribution < 1.29 is 14.3 Å². The van der Waals surface area contributed by atoms with Crippen molar-refractivity contribution in [2.75, 3.05) is 20.2 Å². The Hall–Kier alpha value is -2.82. The van der Waals surface area contributed by atoms with Gasteiger partial charge in [-0.25, -0.2) is 0 Å². The fourth-order valence-corrected chi connectivity index (χ4v) is 4.06. The molecule has 0 aliphatic carbocycles. The predicted octanol–water partition coefficient (Wildman–Crippen LogP) is 4.76. The van der Waals surface area contributed by atoms with E-state index in [1.165, 1.54) is 11.1 Å². The third kappa shape index (κ3) is 5.50. The third-order valence-corrected chi connectivity index (χ3v) is 6.17. The van der Waals surface area contributed by atoms with E-state index < -0.39 is 0 Å². The van der Waals surface area contributed by atoms with Crippen LogP contribution in [0.3, 0.4) is 0 Å². The number of fused-ring (bicyclic) bond motifs is 1. The van der Waals surface area contributed by atoms with Gasteiger partial charge in [-0.15, -0.1) is 0 Å². The zero-order chi connectivity index (χ0) is 23.4. The van der Waals surface area contributed by atoms with Gasteiger partial charge in [0.2, 0.25) is 5.91 Å². The minimum atomic E-state index is -0.150. The zero-order valence-electron chi connectivity index (χ0n) is 20.2. The average molecular weight is 437 g/mol. The lowest BCUT2D eigenvalue weighted by molar-refractivity contribution is -0.134. The molecular weight excluding hydrogens is 400 g/mol. The van der Waals surface area contributed by atoms with E-state index in [9.17, 15) is 9.59 Å². The number of aryl methyl sites for hydroxylation is 1. The number of carbonyl (C=O) groups excluding carboxylic acids is 2. The second kappa shape index (κ2) is 10.2. The topological polar surface area (TPSA) is 49.9 Å². The van der Waals surface area contributed by atoms with Crippen molar-refractivity contribution in [3.8, 4) is 5.75 Å². The Morgan fingerprint density at radius 2 is 1.78 bits per heavy atom. The summed E-state index contributed by atoms with van der Waals surface area (Å²) in [5.74, 6) is 1.09. The molecule has 0 bridgehead atoms. The quantitative estimate of drug-likeness (QED) is 0.629. The molecule has 5 nitrogen and oxygen atoms in total. The number of hydrogen-bond donors (Lipinski definition) is 0. The van der Waals surface area contributed by atoms with Gasteiger partial charge >= 0.3 is 0 Å². The van der Waals surface area contributed by atoms with Crippen molar-refractivity contribution in [2.24, 2.45) is 5.92 Å². The van der Waals surface area contributed by atoms with E-state index in [1.54, 1.807) is 11.9 Å². The van der Waals surface area contributed by atoms with Crippen LogP contribution < -0.4 is 4.74 Å². The highest BCUT2D eigenvalue weighted by molar-refractivity contribution is 5.78. The maximum Gasteiger partial charge on any atom is 0.260 e. The van der Waals surface area contributed by atoms with Gasteiger partial charge < -0.3 is 14.5 Å². The number of carbonyl (C=O) groups is 2. The summed E-state index contributed by atoms with van der Waals surface area (Å²) in [5, 5.41) is 0. The first kappa shape index (κ1) is 23.8. The van der Waals surface area contributed by atoms with E-state index in [0.717, 1.165) is 17.5 Å². The molecule has 0 spiro atoms. The Morgan fingerprint density at radius 3 is 2.41 bits per heavy atom. The van der Waals surface area contributed by atoms with Gasteiger partial charge in [-0.05, 0) is 61.9 Å². The van der Waals surface area contributed by atoms with Crippen LogP contribution in [-0.2, 0) is 16.0 Å². The summed E-state index contributed by atoms with van der Waals surface area (Å²) in [6.07, 6.45) is 1.35. The van der Waals surface area contributed by atoms with E-state index in [4.69, 9.17) is 4.74 Å². The van der Waals surface area contributed by atoms with Crippen molar-refractivity contribution in [2.45, 2.75) is 59.5 Å². The van der Waals surface area contributed by atoms with Crippen LogP contribution in [0.1, 0.15) is 62.4 Å². The number of likely N-dealkylation sites (N-methyl/N-ethyl adjacent to an activating group) is 1. The summed E-state index contributed by atoms with van der Waals surface area (Å²) in [6, 6.07) is 14.4. The standard InChI is InChI=1S/C27H36N2O3/c1-18(2)15-25(30)29-14-13-21-11-12-23(32-17-26(31)28(6)19(3)4)16-24(21)27(29)22-9-7-20(5)8-10-22/h7-12,16,18-19,27H,13-15,17H2,1-6H3. The SMILES string of the molecule is Cc1ccc(C2c3cc(OCC(=O)N(C)C(C)C)ccc3CCN2C(=O)CC(C)C)cc1. The molecule has 0 radical (unpaired) electrons. The Balaban J connectivity index is 1.92. The molecule has 1 aliphatic heterocycles. The smallest absolute Gasteiger partial charge is 0.260 e. The molecule has 172 valence electrons. The first-order valence-corrected chi connectivity index (χ1v) is 11.5. The molecule has 0 N–H and O–H groups in total. The fraction of sp³-hybridized carbons (Fsp3) is 0.481. The van der Waals surface area contributed by atoms with Crippen LogP contribution in [-0.4, -0.2) is 47.9 Å². The molecule has 2 amide bonds. The van der Waals surface area contributed by atoms with Crippen molar-refractivity contribution in [1.82, 2.24) is 9.80 Å². The summed E-state index contributed by atoms with van der Waals surface area (Å²) in [6.45, 7) is 10.9. The Morgan fingerprint density at radius 1 is 1.09 bits per heavy atom. The van der Waals surface area contributed by atoms with Crippen molar-refractivity contribution in [3.05, 3.63) is 64.7 Å². The maximum absolute atomic E-state index is 13.2. The van der Waals surface area contributed by atoms with Gasteiger partial charge in [-0.3, -0.25) is 9.59 Å². The molecule has 2 aromatic rings. The van der Waals surface area contributed by atoms with Gasteiger partial charge in [0.1, 0.15) is 5.75 Å². The van der Waals surface area contributed by atoms with E-state index in [0.29, 0.717) is 24.6 Å². The maximum atomic E-state index is 13.2. The van der Waals surface area contributed by atoms with Gasteiger partial charge in [0.05, 0.1) is 6.04 Å². The van der Waals surface area contributed by atoms with Crippen LogP contribution in [0.4, 0.5) is 0 Å². The minimum absolute atomic E-state index is 0.00133. The van der Waals surface area contributed by atoms with E-state index >= 15 is 0 Å². The molecule has 0 saturated carbocycles. The Kier molecular flexibility index (Phi) is 7.60. The van der Waals surface area contributed by atoms with E-state index in [2.05, 4.69) is 51.1 Å². The summed E-state index contributed by atoms with van der Waals surface area (Å²) in [4.78, 5) is 29.2. The van der Waals surface area contributed by atoms with Crippen LogP contribution in [0.2, 0.25) is 0 Å². The van der Waals surface area contributed by atoms with E-state index in [1.807, 2.05) is 30.9 Å². The molecule has 3 rings (SSSR count). The first-order valence-electron chi connectivity index (χ1n) is 11.5. The van der Waals surface area contributed by atoms with Crippen LogP contribution in [0.25, 0.3) is 0 Å². The van der Waals surface area contributed by atoms with Crippen LogP contribution in [0.15, 0.2) is 42.5 Å². The van der Waals surface area contributed by atoms with Gasteiger partial charge in [0.15, 0.2) is 6.61 Å². The van der Waals surface area contributed by atoms with Crippen LogP contribution in [0, 0.1) is 12.8 Å². The number of amides is 2. The van der Waals surface area contributed by atoms with Gasteiger partial charge in [0, 0.05) is 26.1 Å². The number of nitrogens with zero attached hydrogens (tertiary/aromatic N) is 2. The molecular formula is C27H36N2O3. The summed E-state index contributed by atoms with van der Waals surface area (Å²) in [5.41, 5.74) is 4.60. The van der Waals surface area contributed by atoms with Crippen LogP contribution >= 0.6 is 0 Å². The largest absolute Gasteiger partial charge is 0.484 e. The molecule has 0 fully saturated rings. The van der Waals surface area contributed by atoms with Crippen LogP contribution in [0.5, 0.6) is 5.75 Å². The predicted molar refractivity (Wildman–Crippen MR) is 128 cm³/mol. The van der Waals surface area contributed by atoms with E-state index in [-0.39, 0.29) is 30.5 Å². The fourth-order valence-electron chi connectivity index (χ4n) is 4.06. The third-order valence-electron chi connectivity index (χ3n) is 6.17. The highest BCUT2D eigenvalue weighted by Crippen LogP contribution is 2.38. The van der Waals surface area contributed by atoms with Gasteiger partial charge in [0.25, 0.3) is 5.91 Å². The van der Waals surface area contributed by atoms with Crippen molar-refractivity contribution in [1.29, 1.82) is 0 Å². The summed E-state index contributed by atoms with van der Waals surface area (Å²) < 4.78 is 5.87. The Labute approximate surface area is 192 Å². The van der Waals surface area contributed by atoms with Crippen molar-refractivity contribution in [3.63, 3.8) is 0 Å². The number of benzene rings is 2. The zero-order valence-corrected chi connectivity index (χ0v) is 20.2. The normalized spacial score (nSPS) is 15.6. The monoisotopic (exact) mass is 436 g/mol. The first-order chi connectivity index (χ1) is 15.2. The molecule has 2 aromatic carbocycles. The minimum Gasteiger partial charge on any atom is -0.484 e. The number of rotatable bonds is 7. The molecule has 1 heterocycles. The van der Waals surface area contributed by atoms with Gasteiger partial charge in [-0.1, -0.05) is 49.7 Å². The molecule has 1 unspecified atom stereocenters. The lowest BCUT2D eigenvalue weighted by Crippen LogP contribution is -2.41. The summed E-state index contributed by atoms with van der Waals surface area (Å²) >= 11 is 0. The number of hydrogen-bond acceptors (Lipinski definition) is 3. The molecule has 32 heavy (non-hydrogen) atoms. The second-order valence-electron chi connectivity index (χ2n) is 9.50. The number of ether oxygens (including phenoxy) is 1. The summed E-state index contributed by atoms with van der Waals surface area (Å²) in [7, 11) is 1.79.